The molecular weight excluding hydrogens is 294 g/mol. The fourth-order valence-corrected chi connectivity index (χ4v) is 2.23. The number of rotatable bonds is 7. The molecule has 2 aromatic rings. The van der Waals surface area contributed by atoms with Crippen LogP contribution in [0.15, 0.2) is 54.6 Å². The molecule has 120 valence electrons. The molecule has 2 aromatic carbocycles. The Kier molecular flexibility index (Phi) is 8.00. The summed E-state index contributed by atoms with van der Waals surface area (Å²) in [7, 11) is 0. The lowest BCUT2D eigenvalue weighted by Gasteiger charge is -2.14. The molecule has 0 heterocycles. The van der Waals surface area contributed by atoms with Gasteiger partial charge in [0.2, 0.25) is 0 Å². The van der Waals surface area contributed by atoms with E-state index in [0.29, 0.717) is 12.5 Å². The summed E-state index contributed by atoms with van der Waals surface area (Å²) in [5, 5.41) is 0. The summed E-state index contributed by atoms with van der Waals surface area (Å²) in [6.45, 7) is 5.06. The van der Waals surface area contributed by atoms with Crippen LogP contribution in [-0.2, 0) is 6.61 Å². The van der Waals surface area contributed by atoms with E-state index in [2.05, 4.69) is 38.1 Å². The third-order valence-corrected chi connectivity index (χ3v) is 3.61. The molecule has 2 N–H and O–H groups in total. The zero-order valence-electron chi connectivity index (χ0n) is 13.4. The number of hydrogen-bond acceptors (Lipinski definition) is 2. The van der Waals surface area contributed by atoms with E-state index in [1.807, 2.05) is 30.3 Å². The minimum Gasteiger partial charge on any atom is -0.489 e. The van der Waals surface area contributed by atoms with Gasteiger partial charge in [-0.2, -0.15) is 0 Å². The molecule has 0 radical (unpaired) electrons. The van der Waals surface area contributed by atoms with Crippen molar-refractivity contribution in [2.24, 2.45) is 11.7 Å². The molecule has 2 nitrogen and oxygen atoms in total. The first-order chi connectivity index (χ1) is 10.1. The Bertz CT molecular complexity index is 525. The Labute approximate surface area is 140 Å². The van der Waals surface area contributed by atoms with Crippen molar-refractivity contribution in [2.45, 2.75) is 39.3 Å². The molecule has 2 rings (SSSR count). The number of ether oxygens (including phenoxy) is 1. The lowest BCUT2D eigenvalue weighted by Crippen LogP contribution is -2.11. The number of halogens is 1. The second-order valence-corrected chi connectivity index (χ2v) is 5.92. The Morgan fingerprint density at radius 2 is 1.55 bits per heavy atom. The molecule has 0 aliphatic rings. The van der Waals surface area contributed by atoms with E-state index in [4.69, 9.17) is 10.5 Å². The van der Waals surface area contributed by atoms with E-state index in [1.165, 1.54) is 11.1 Å². The highest BCUT2D eigenvalue weighted by molar-refractivity contribution is 5.85. The van der Waals surface area contributed by atoms with Crippen molar-refractivity contribution in [3.63, 3.8) is 0 Å². The zero-order valence-corrected chi connectivity index (χ0v) is 14.2. The summed E-state index contributed by atoms with van der Waals surface area (Å²) in [4.78, 5) is 0. The fraction of sp³-hybridized carbons (Fsp3) is 0.368. The largest absolute Gasteiger partial charge is 0.489 e. The molecule has 22 heavy (non-hydrogen) atoms. The van der Waals surface area contributed by atoms with Crippen molar-refractivity contribution in [1.82, 2.24) is 0 Å². The highest BCUT2D eigenvalue weighted by Gasteiger charge is 2.07. The Morgan fingerprint density at radius 3 is 2.14 bits per heavy atom. The van der Waals surface area contributed by atoms with E-state index in [9.17, 15) is 0 Å². The quantitative estimate of drug-likeness (QED) is 0.768. The summed E-state index contributed by atoms with van der Waals surface area (Å²) in [5.41, 5.74) is 8.58. The highest BCUT2D eigenvalue weighted by atomic mass is 35.5. The maximum absolute atomic E-state index is 6.22. The maximum atomic E-state index is 6.22. The van der Waals surface area contributed by atoms with Crippen LogP contribution in [0.25, 0.3) is 0 Å². The van der Waals surface area contributed by atoms with Crippen LogP contribution in [0.4, 0.5) is 0 Å². The maximum Gasteiger partial charge on any atom is 0.119 e. The average Bonchev–Trinajstić information content (AvgIpc) is 2.52. The zero-order chi connectivity index (χ0) is 15.1. The van der Waals surface area contributed by atoms with E-state index < -0.39 is 0 Å². The third kappa shape index (κ3) is 6.08. The average molecular weight is 320 g/mol. The second kappa shape index (κ2) is 9.50. The Morgan fingerprint density at radius 1 is 0.909 bits per heavy atom. The van der Waals surface area contributed by atoms with E-state index >= 15 is 0 Å². The van der Waals surface area contributed by atoms with Gasteiger partial charge in [0.15, 0.2) is 0 Å². The van der Waals surface area contributed by atoms with Gasteiger partial charge in [0.1, 0.15) is 12.4 Å². The molecule has 0 saturated heterocycles. The van der Waals surface area contributed by atoms with Crippen LogP contribution in [0.5, 0.6) is 5.75 Å². The van der Waals surface area contributed by atoms with Crippen molar-refractivity contribution in [3.05, 3.63) is 65.7 Å². The van der Waals surface area contributed by atoms with E-state index in [-0.39, 0.29) is 18.4 Å². The molecule has 0 amide bonds. The van der Waals surface area contributed by atoms with E-state index in [1.54, 1.807) is 0 Å². The van der Waals surface area contributed by atoms with Gasteiger partial charge in [0, 0.05) is 6.04 Å². The minimum absolute atomic E-state index is 0. The van der Waals surface area contributed by atoms with Crippen molar-refractivity contribution in [1.29, 1.82) is 0 Å². The highest BCUT2D eigenvalue weighted by Crippen LogP contribution is 2.21. The van der Waals surface area contributed by atoms with Crippen LogP contribution in [-0.4, -0.2) is 0 Å². The predicted molar refractivity (Wildman–Crippen MR) is 95.5 cm³/mol. The topological polar surface area (TPSA) is 35.2 Å². The molecule has 1 atom stereocenters. The van der Waals surface area contributed by atoms with Gasteiger partial charge in [-0.1, -0.05) is 56.3 Å². The van der Waals surface area contributed by atoms with Gasteiger partial charge >= 0.3 is 0 Å². The molecule has 0 fully saturated rings. The van der Waals surface area contributed by atoms with Crippen LogP contribution in [0.1, 0.15) is 43.9 Å². The summed E-state index contributed by atoms with van der Waals surface area (Å²) in [6.07, 6.45) is 2.19. The van der Waals surface area contributed by atoms with Gasteiger partial charge in [-0.25, -0.2) is 0 Å². The van der Waals surface area contributed by atoms with E-state index in [0.717, 1.165) is 18.6 Å². The standard InChI is InChI=1S/C19H25NO.ClH/c1-15(2)8-13-19(20)17-9-11-18(12-10-17)21-14-16-6-4-3-5-7-16;/h3-7,9-12,15,19H,8,13-14,20H2,1-2H3;1H/t19-;/m1./s1. The van der Waals surface area contributed by atoms with Crippen molar-refractivity contribution in [2.75, 3.05) is 0 Å². The summed E-state index contributed by atoms with van der Waals surface area (Å²) >= 11 is 0. The SMILES string of the molecule is CC(C)CC[C@@H](N)c1ccc(OCc2ccccc2)cc1.Cl. The summed E-state index contributed by atoms with van der Waals surface area (Å²) in [6, 6.07) is 18.5. The van der Waals surface area contributed by atoms with Crippen molar-refractivity contribution in [3.8, 4) is 5.75 Å². The van der Waals surface area contributed by atoms with Crippen molar-refractivity contribution >= 4 is 12.4 Å². The number of hydrogen-bond donors (Lipinski definition) is 1. The van der Waals surface area contributed by atoms with Gasteiger partial charge in [-0.15, -0.1) is 12.4 Å². The molecule has 0 aromatic heterocycles. The first-order valence-corrected chi connectivity index (χ1v) is 7.67. The van der Waals surface area contributed by atoms with Crippen LogP contribution in [0, 0.1) is 5.92 Å². The smallest absolute Gasteiger partial charge is 0.119 e. The first-order valence-electron chi connectivity index (χ1n) is 7.67. The second-order valence-electron chi connectivity index (χ2n) is 5.92. The van der Waals surface area contributed by atoms with Crippen LogP contribution in [0.3, 0.4) is 0 Å². The van der Waals surface area contributed by atoms with Gasteiger partial charge in [0.25, 0.3) is 0 Å². The van der Waals surface area contributed by atoms with Crippen molar-refractivity contribution < 1.29 is 4.74 Å². The molecule has 0 bridgehead atoms. The van der Waals surface area contributed by atoms with Gasteiger partial charge in [0.05, 0.1) is 0 Å². The van der Waals surface area contributed by atoms with Crippen LogP contribution < -0.4 is 10.5 Å². The normalized spacial score (nSPS) is 11.8. The summed E-state index contributed by atoms with van der Waals surface area (Å²) in [5.74, 6) is 1.59. The number of nitrogens with two attached hydrogens (primary N) is 1. The monoisotopic (exact) mass is 319 g/mol. The summed E-state index contributed by atoms with van der Waals surface area (Å²) < 4.78 is 5.78. The lowest BCUT2D eigenvalue weighted by molar-refractivity contribution is 0.306. The minimum atomic E-state index is 0. The molecule has 0 aliphatic carbocycles. The molecule has 0 aliphatic heterocycles. The molecular formula is C19H26ClNO. The Hall–Kier alpha value is -1.51. The van der Waals surface area contributed by atoms with Gasteiger partial charge in [-0.05, 0) is 42.0 Å². The third-order valence-electron chi connectivity index (χ3n) is 3.61. The van der Waals surface area contributed by atoms with Crippen LogP contribution in [0.2, 0.25) is 0 Å². The molecule has 0 saturated carbocycles. The van der Waals surface area contributed by atoms with Gasteiger partial charge in [-0.3, -0.25) is 0 Å². The van der Waals surface area contributed by atoms with Crippen LogP contribution >= 0.6 is 12.4 Å². The Balaban J connectivity index is 0.00000242. The first kappa shape index (κ1) is 18.5. The fourth-order valence-electron chi connectivity index (χ4n) is 2.23. The lowest BCUT2D eigenvalue weighted by atomic mass is 9.98. The molecule has 3 heteroatoms. The molecule has 0 spiro atoms. The predicted octanol–water partition coefficient (Wildman–Crippen LogP) is 5.12. The number of benzene rings is 2. The molecule has 0 unspecified atom stereocenters. The van der Waals surface area contributed by atoms with Gasteiger partial charge < -0.3 is 10.5 Å².